The van der Waals surface area contributed by atoms with E-state index in [9.17, 15) is 9.90 Å². The molecule has 1 saturated heterocycles. The maximum absolute atomic E-state index is 12.3. The van der Waals surface area contributed by atoms with Gasteiger partial charge < -0.3 is 10.0 Å². The highest BCUT2D eigenvalue weighted by Crippen LogP contribution is 2.43. The van der Waals surface area contributed by atoms with E-state index < -0.39 is 0 Å². The maximum Gasteiger partial charge on any atom is 0.249 e. The minimum absolute atomic E-state index is 0.199. The zero-order valence-electron chi connectivity index (χ0n) is 10.3. The third-order valence-electron chi connectivity index (χ3n) is 4.56. The molecule has 3 nitrogen and oxygen atoms in total. The molecule has 0 bridgehead atoms. The van der Waals surface area contributed by atoms with Gasteiger partial charge in [0.05, 0.1) is 6.10 Å². The van der Waals surface area contributed by atoms with Gasteiger partial charge in [0, 0.05) is 18.7 Å². The molecule has 17 heavy (non-hydrogen) atoms. The van der Waals surface area contributed by atoms with Crippen molar-refractivity contribution in [3.8, 4) is 0 Å². The van der Waals surface area contributed by atoms with Crippen molar-refractivity contribution in [2.45, 2.75) is 44.6 Å². The molecule has 0 radical (unpaired) electrons. The predicted octanol–water partition coefficient (Wildman–Crippen LogP) is 1.72. The number of amides is 1. The van der Waals surface area contributed by atoms with Crippen LogP contribution in [-0.2, 0) is 4.79 Å². The van der Waals surface area contributed by atoms with E-state index in [1.165, 1.54) is 32.1 Å². The van der Waals surface area contributed by atoms with Gasteiger partial charge in [-0.3, -0.25) is 4.79 Å². The molecule has 1 amide bonds. The van der Waals surface area contributed by atoms with E-state index in [0.29, 0.717) is 18.4 Å². The molecule has 94 valence electrons. The van der Waals surface area contributed by atoms with Crippen molar-refractivity contribution in [1.82, 2.24) is 4.90 Å². The summed E-state index contributed by atoms with van der Waals surface area (Å²) < 4.78 is 0. The molecule has 2 fully saturated rings. The van der Waals surface area contributed by atoms with Crippen LogP contribution in [0.25, 0.3) is 0 Å². The minimum Gasteiger partial charge on any atom is -0.391 e. The lowest BCUT2D eigenvalue weighted by Gasteiger charge is -2.36. The summed E-state index contributed by atoms with van der Waals surface area (Å²) in [6, 6.07) is 0. The fraction of sp³-hybridized carbons (Fsp3) is 0.786. The lowest BCUT2D eigenvalue weighted by atomic mass is 9.71. The highest BCUT2D eigenvalue weighted by Gasteiger charge is 2.39. The van der Waals surface area contributed by atoms with Crippen LogP contribution in [0.15, 0.2) is 11.6 Å². The van der Waals surface area contributed by atoms with E-state index in [0.717, 1.165) is 18.5 Å². The first-order valence-electron chi connectivity index (χ1n) is 6.95. The molecule has 0 aromatic heterocycles. The van der Waals surface area contributed by atoms with Gasteiger partial charge >= 0.3 is 0 Å². The summed E-state index contributed by atoms with van der Waals surface area (Å²) in [6.45, 7) is 1.27. The number of aliphatic hydroxyl groups is 1. The SMILES string of the molecule is O=C(C1=CC2CCCCCC12)N1CC[C@H](O)C1. The van der Waals surface area contributed by atoms with Crippen molar-refractivity contribution in [1.29, 1.82) is 0 Å². The number of carbonyl (C=O) groups excluding carboxylic acids is 1. The van der Waals surface area contributed by atoms with Gasteiger partial charge in [-0.15, -0.1) is 0 Å². The molecule has 0 aromatic carbocycles. The molecule has 3 rings (SSSR count). The number of carbonyl (C=O) groups is 1. The lowest BCUT2D eigenvalue weighted by Crippen LogP contribution is -2.38. The number of hydrogen-bond acceptors (Lipinski definition) is 2. The normalized spacial score (nSPS) is 36.9. The van der Waals surface area contributed by atoms with Crippen molar-refractivity contribution in [3.05, 3.63) is 11.6 Å². The molecule has 1 saturated carbocycles. The molecular weight excluding hydrogens is 214 g/mol. The molecule has 1 N–H and O–H groups in total. The average Bonchev–Trinajstić information content (AvgIpc) is 2.64. The number of allylic oxidation sites excluding steroid dienone is 1. The Bertz CT molecular complexity index is 350. The first kappa shape index (κ1) is 11.3. The Balaban J connectivity index is 1.67. The Morgan fingerprint density at radius 3 is 2.82 bits per heavy atom. The van der Waals surface area contributed by atoms with Gasteiger partial charge in [-0.1, -0.05) is 25.3 Å². The van der Waals surface area contributed by atoms with E-state index in [2.05, 4.69) is 6.08 Å². The summed E-state index contributed by atoms with van der Waals surface area (Å²) in [4.78, 5) is 14.1. The van der Waals surface area contributed by atoms with Crippen LogP contribution in [0.3, 0.4) is 0 Å². The average molecular weight is 235 g/mol. The molecule has 1 heterocycles. The smallest absolute Gasteiger partial charge is 0.249 e. The Labute approximate surface area is 102 Å². The standard InChI is InChI=1S/C14H21NO2/c16-11-6-7-15(9-11)14(17)13-8-10-4-2-1-3-5-12(10)13/h8,10-12,16H,1-7,9H2/t10?,11-,12?/m0/s1. The molecule has 2 unspecified atom stereocenters. The van der Waals surface area contributed by atoms with Crippen molar-refractivity contribution in [3.63, 3.8) is 0 Å². The second-order valence-electron chi connectivity index (χ2n) is 5.72. The number of aliphatic hydroxyl groups excluding tert-OH is 1. The Morgan fingerprint density at radius 2 is 2.06 bits per heavy atom. The zero-order valence-corrected chi connectivity index (χ0v) is 10.3. The van der Waals surface area contributed by atoms with Crippen molar-refractivity contribution in [2.24, 2.45) is 11.8 Å². The zero-order chi connectivity index (χ0) is 11.8. The Kier molecular flexibility index (Phi) is 2.95. The molecule has 0 spiro atoms. The molecular formula is C14H21NO2. The second kappa shape index (κ2) is 4.45. The summed E-state index contributed by atoms with van der Waals surface area (Å²) in [7, 11) is 0. The number of rotatable bonds is 1. The van der Waals surface area contributed by atoms with Crippen molar-refractivity contribution >= 4 is 5.91 Å². The van der Waals surface area contributed by atoms with Crippen LogP contribution in [0.2, 0.25) is 0 Å². The summed E-state index contributed by atoms with van der Waals surface area (Å²) in [6.07, 6.45) is 9.02. The molecule has 1 aliphatic heterocycles. The lowest BCUT2D eigenvalue weighted by molar-refractivity contribution is -0.127. The number of hydrogen-bond donors (Lipinski definition) is 1. The molecule has 2 aliphatic carbocycles. The number of β-amino-alcohol motifs (C(OH)–C–C–N with tert-alkyl or cyclic N) is 1. The summed E-state index contributed by atoms with van der Waals surface area (Å²) >= 11 is 0. The van der Waals surface area contributed by atoms with Crippen LogP contribution < -0.4 is 0 Å². The van der Waals surface area contributed by atoms with Crippen LogP contribution in [0.1, 0.15) is 38.5 Å². The number of nitrogens with zero attached hydrogens (tertiary/aromatic N) is 1. The van der Waals surface area contributed by atoms with Gasteiger partial charge in [0.1, 0.15) is 0 Å². The first-order chi connectivity index (χ1) is 8.25. The fourth-order valence-electron chi connectivity index (χ4n) is 3.50. The largest absolute Gasteiger partial charge is 0.391 e. The quantitative estimate of drug-likeness (QED) is 0.751. The monoisotopic (exact) mass is 235 g/mol. The van der Waals surface area contributed by atoms with Crippen LogP contribution in [-0.4, -0.2) is 35.1 Å². The molecule has 0 aromatic rings. The highest BCUT2D eigenvalue weighted by atomic mass is 16.3. The third-order valence-corrected chi connectivity index (χ3v) is 4.56. The van der Waals surface area contributed by atoms with Crippen LogP contribution in [0, 0.1) is 11.8 Å². The van der Waals surface area contributed by atoms with E-state index in [-0.39, 0.29) is 12.0 Å². The Hall–Kier alpha value is -0.830. The molecule has 3 aliphatic rings. The topological polar surface area (TPSA) is 40.5 Å². The van der Waals surface area contributed by atoms with E-state index in [4.69, 9.17) is 0 Å². The van der Waals surface area contributed by atoms with E-state index >= 15 is 0 Å². The summed E-state index contributed by atoms with van der Waals surface area (Å²) in [5.41, 5.74) is 1.05. The number of fused-ring (bicyclic) bond motifs is 1. The summed E-state index contributed by atoms with van der Waals surface area (Å²) in [5.74, 6) is 1.40. The van der Waals surface area contributed by atoms with Gasteiger partial charge in [-0.2, -0.15) is 0 Å². The predicted molar refractivity (Wildman–Crippen MR) is 65.4 cm³/mol. The van der Waals surface area contributed by atoms with Gasteiger partial charge in [0.15, 0.2) is 0 Å². The maximum atomic E-state index is 12.3. The molecule has 3 heteroatoms. The van der Waals surface area contributed by atoms with Gasteiger partial charge in [0.2, 0.25) is 5.91 Å². The first-order valence-corrected chi connectivity index (χ1v) is 6.95. The van der Waals surface area contributed by atoms with E-state index in [1.807, 2.05) is 4.90 Å². The van der Waals surface area contributed by atoms with Crippen molar-refractivity contribution in [2.75, 3.05) is 13.1 Å². The van der Waals surface area contributed by atoms with Gasteiger partial charge in [-0.25, -0.2) is 0 Å². The Morgan fingerprint density at radius 1 is 1.24 bits per heavy atom. The van der Waals surface area contributed by atoms with Gasteiger partial charge in [-0.05, 0) is 31.1 Å². The highest BCUT2D eigenvalue weighted by molar-refractivity contribution is 5.95. The number of likely N-dealkylation sites (tertiary alicyclic amines) is 1. The van der Waals surface area contributed by atoms with Gasteiger partial charge in [0.25, 0.3) is 0 Å². The fourth-order valence-corrected chi connectivity index (χ4v) is 3.50. The van der Waals surface area contributed by atoms with Crippen LogP contribution in [0.4, 0.5) is 0 Å². The minimum atomic E-state index is -0.301. The van der Waals surface area contributed by atoms with Crippen LogP contribution in [0.5, 0.6) is 0 Å². The van der Waals surface area contributed by atoms with Crippen molar-refractivity contribution < 1.29 is 9.90 Å². The van der Waals surface area contributed by atoms with Crippen LogP contribution >= 0.6 is 0 Å². The second-order valence-corrected chi connectivity index (χ2v) is 5.72. The summed E-state index contributed by atoms with van der Waals surface area (Å²) in [5, 5.41) is 9.49. The molecule has 3 atom stereocenters. The third kappa shape index (κ3) is 2.01. The van der Waals surface area contributed by atoms with E-state index in [1.54, 1.807) is 0 Å².